The van der Waals surface area contributed by atoms with Crippen molar-refractivity contribution in [1.29, 1.82) is 0 Å². The lowest BCUT2D eigenvalue weighted by molar-refractivity contribution is -0.116. The number of nitrogens with one attached hydrogen (secondary N) is 1. The van der Waals surface area contributed by atoms with Crippen LogP contribution in [0.4, 0.5) is 21.7 Å². The molecule has 2 heterocycles. The van der Waals surface area contributed by atoms with Crippen LogP contribution in [0.15, 0.2) is 36.4 Å². The number of nitrogens with zero attached hydrogens (tertiary/aromatic N) is 4. The molecule has 25 heavy (non-hydrogen) atoms. The lowest BCUT2D eigenvalue weighted by atomic mass is 10.2. The summed E-state index contributed by atoms with van der Waals surface area (Å²) in [4.78, 5) is 15.7. The van der Waals surface area contributed by atoms with Crippen molar-refractivity contribution in [2.24, 2.45) is 0 Å². The van der Waals surface area contributed by atoms with E-state index in [9.17, 15) is 9.18 Å². The fourth-order valence-corrected chi connectivity index (χ4v) is 2.88. The van der Waals surface area contributed by atoms with Crippen LogP contribution in [0.3, 0.4) is 0 Å². The topological polar surface area (TPSA) is 61.4 Å². The highest BCUT2D eigenvalue weighted by molar-refractivity contribution is 5.89. The third-order valence-corrected chi connectivity index (χ3v) is 4.19. The van der Waals surface area contributed by atoms with Crippen molar-refractivity contribution in [1.82, 2.24) is 10.2 Å². The highest BCUT2D eigenvalue weighted by Crippen LogP contribution is 2.22. The molecule has 1 aromatic carbocycles. The Hall–Kier alpha value is -2.70. The van der Waals surface area contributed by atoms with Gasteiger partial charge in [-0.3, -0.25) is 4.79 Å². The molecule has 0 aliphatic carbocycles. The van der Waals surface area contributed by atoms with Crippen molar-refractivity contribution in [2.45, 2.75) is 19.8 Å². The first-order valence-electron chi connectivity index (χ1n) is 8.55. The van der Waals surface area contributed by atoms with Crippen molar-refractivity contribution in [3.8, 4) is 0 Å². The minimum absolute atomic E-state index is 0.0527. The van der Waals surface area contributed by atoms with Gasteiger partial charge in [-0.05, 0) is 30.7 Å². The van der Waals surface area contributed by atoms with Gasteiger partial charge in [0.05, 0.1) is 5.69 Å². The van der Waals surface area contributed by atoms with Crippen molar-refractivity contribution in [2.75, 3.05) is 41.3 Å². The average molecular weight is 343 g/mol. The molecule has 0 spiro atoms. The van der Waals surface area contributed by atoms with Crippen LogP contribution in [0.2, 0.25) is 0 Å². The Kier molecular flexibility index (Phi) is 5.42. The van der Waals surface area contributed by atoms with Crippen molar-refractivity contribution in [3.05, 3.63) is 42.2 Å². The third kappa shape index (κ3) is 4.23. The number of amides is 1. The van der Waals surface area contributed by atoms with Crippen LogP contribution >= 0.6 is 0 Å². The second-order valence-electron chi connectivity index (χ2n) is 6.00. The number of piperazine rings is 1. The summed E-state index contributed by atoms with van der Waals surface area (Å²) in [7, 11) is 0. The molecule has 0 radical (unpaired) electrons. The Bertz CT molecular complexity index is 714. The molecule has 0 atom stereocenters. The van der Waals surface area contributed by atoms with E-state index in [2.05, 4.69) is 20.4 Å². The maximum Gasteiger partial charge on any atom is 0.225 e. The van der Waals surface area contributed by atoms with Gasteiger partial charge in [0, 0.05) is 32.6 Å². The molecule has 3 rings (SSSR count). The Labute approximate surface area is 146 Å². The summed E-state index contributed by atoms with van der Waals surface area (Å²) in [6, 6.07) is 10.5. The number of halogens is 1. The maximum atomic E-state index is 13.9. The van der Waals surface area contributed by atoms with E-state index in [1.807, 2.05) is 24.0 Å². The van der Waals surface area contributed by atoms with E-state index in [4.69, 9.17) is 0 Å². The van der Waals surface area contributed by atoms with Crippen LogP contribution in [-0.4, -0.2) is 42.3 Å². The van der Waals surface area contributed by atoms with E-state index in [1.165, 1.54) is 6.07 Å². The molecule has 132 valence electrons. The predicted molar refractivity (Wildman–Crippen MR) is 96.4 cm³/mol. The van der Waals surface area contributed by atoms with Gasteiger partial charge in [-0.1, -0.05) is 19.1 Å². The molecule has 1 N–H and O–H groups in total. The molecule has 0 unspecified atom stereocenters. The van der Waals surface area contributed by atoms with Gasteiger partial charge in [-0.2, -0.15) is 0 Å². The highest BCUT2D eigenvalue weighted by Gasteiger charge is 2.20. The van der Waals surface area contributed by atoms with Crippen LogP contribution in [0, 0.1) is 5.82 Å². The molecule has 6 nitrogen and oxygen atoms in total. The SMILES string of the molecule is CCCC(=O)Nc1ccc(N2CCN(c3ccccc3F)CC2)nn1. The first-order chi connectivity index (χ1) is 12.2. The average Bonchev–Trinajstić information content (AvgIpc) is 2.63. The maximum absolute atomic E-state index is 13.9. The number of carbonyl (C=O) groups is 1. The van der Waals surface area contributed by atoms with E-state index in [1.54, 1.807) is 18.2 Å². The van der Waals surface area contributed by atoms with Crippen molar-refractivity contribution >= 4 is 23.2 Å². The fraction of sp³-hybridized carbons (Fsp3) is 0.389. The molecule has 0 bridgehead atoms. The standard InChI is InChI=1S/C18H22FN5O/c1-2-5-18(25)20-16-8-9-17(22-21-16)24-12-10-23(11-13-24)15-7-4-3-6-14(15)19/h3-4,6-9H,2,5,10-13H2,1H3,(H,20,21,25). The zero-order valence-electron chi connectivity index (χ0n) is 14.3. The number of aromatic nitrogens is 2. The van der Waals surface area contributed by atoms with E-state index >= 15 is 0 Å². The van der Waals surface area contributed by atoms with Gasteiger partial charge in [-0.25, -0.2) is 4.39 Å². The molecule has 1 aliphatic rings. The predicted octanol–water partition coefficient (Wildman–Crippen LogP) is 2.68. The highest BCUT2D eigenvalue weighted by atomic mass is 19.1. The van der Waals surface area contributed by atoms with Gasteiger partial charge in [0.15, 0.2) is 11.6 Å². The van der Waals surface area contributed by atoms with E-state index in [0.29, 0.717) is 17.9 Å². The number of anilines is 3. The van der Waals surface area contributed by atoms with Gasteiger partial charge >= 0.3 is 0 Å². The molecule has 0 saturated carbocycles. The Morgan fingerprint density at radius 2 is 1.80 bits per heavy atom. The number of carbonyl (C=O) groups excluding carboxylic acids is 1. The Balaban J connectivity index is 1.58. The summed E-state index contributed by atoms with van der Waals surface area (Å²) < 4.78 is 13.9. The van der Waals surface area contributed by atoms with Crippen LogP contribution < -0.4 is 15.1 Å². The molecule has 1 aliphatic heterocycles. The molecule has 1 amide bonds. The van der Waals surface area contributed by atoms with Gasteiger partial charge in [-0.15, -0.1) is 10.2 Å². The summed E-state index contributed by atoms with van der Waals surface area (Å²) in [6.45, 7) is 4.87. The largest absolute Gasteiger partial charge is 0.366 e. The first kappa shape index (κ1) is 17.1. The number of hydrogen-bond donors (Lipinski definition) is 1. The number of rotatable bonds is 5. The zero-order chi connectivity index (χ0) is 17.6. The lowest BCUT2D eigenvalue weighted by Crippen LogP contribution is -2.47. The minimum Gasteiger partial charge on any atom is -0.366 e. The summed E-state index contributed by atoms with van der Waals surface area (Å²) in [6.07, 6.45) is 1.27. The van der Waals surface area contributed by atoms with Crippen LogP contribution in [0.1, 0.15) is 19.8 Å². The number of para-hydroxylation sites is 1. The number of hydrogen-bond acceptors (Lipinski definition) is 5. The minimum atomic E-state index is -0.192. The summed E-state index contributed by atoms with van der Waals surface area (Å²) in [5.74, 6) is 0.986. The molecule has 1 fully saturated rings. The lowest BCUT2D eigenvalue weighted by Gasteiger charge is -2.36. The van der Waals surface area contributed by atoms with Gasteiger partial charge in [0.2, 0.25) is 5.91 Å². The smallest absolute Gasteiger partial charge is 0.225 e. The van der Waals surface area contributed by atoms with E-state index in [-0.39, 0.29) is 11.7 Å². The normalized spacial score (nSPS) is 14.5. The molecule has 1 saturated heterocycles. The zero-order valence-corrected chi connectivity index (χ0v) is 14.3. The van der Waals surface area contributed by atoms with Crippen LogP contribution in [0.25, 0.3) is 0 Å². The Morgan fingerprint density at radius 1 is 1.08 bits per heavy atom. The summed E-state index contributed by atoms with van der Waals surface area (Å²) in [5.41, 5.74) is 0.641. The fourth-order valence-electron chi connectivity index (χ4n) is 2.88. The Morgan fingerprint density at radius 3 is 2.44 bits per heavy atom. The summed E-state index contributed by atoms with van der Waals surface area (Å²) >= 11 is 0. The quantitative estimate of drug-likeness (QED) is 0.904. The molecular weight excluding hydrogens is 321 g/mol. The molecule has 7 heteroatoms. The molecule has 1 aromatic heterocycles. The molecular formula is C18H22FN5O. The van der Waals surface area contributed by atoms with E-state index < -0.39 is 0 Å². The van der Waals surface area contributed by atoms with Gasteiger partial charge in [0.25, 0.3) is 0 Å². The third-order valence-electron chi connectivity index (χ3n) is 4.19. The molecule has 2 aromatic rings. The van der Waals surface area contributed by atoms with Gasteiger partial charge in [0.1, 0.15) is 5.82 Å². The van der Waals surface area contributed by atoms with E-state index in [0.717, 1.165) is 38.4 Å². The van der Waals surface area contributed by atoms with Crippen LogP contribution in [0.5, 0.6) is 0 Å². The summed E-state index contributed by atoms with van der Waals surface area (Å²) in [5, 5.41) is 11.0. The van der Waals surface area contributed by atoms with Crippen LogP contribution in [-0.2, 0) is 4.79 Å². The van der Waals surface area contributed by atoms with Gasteiger partial charge < -0.3 is 15.1 Å². The monoisotopic (exact) mass is 343 g/mol. The second kappa shape index (κ2) is 7.92. The first-order valence-corrected chi connectivity index (χ1v) is 8.55. The number of benzene rings is 1. The van der Waals surface area contributed by atoms with Crippen molar-refractivity contribution < 1.29 is 9.18 Å². The second-order valence-corrected chi connectivity index (χ2v) is 6.00. The van der Waals surface area contributed by atoms with Crippen molar-refractivity contribution in [3.63, 3.8) is 0 Å².